The molecule has 0 spiro atoms. The number of aromatic nitrogens is 2. The van der Waals surface area contributed by atoms with Crippen LogP contribution in [-0.4, -0.2) is 27.8 Å². The number of imidazole rings is 1. The number of hydrogen-bond acceptors (Lipinski definition) is 3. The summed E-state index contributed by atoms with van der Waals surface area (Å²) in [7, 11) is 1.60. The van der Waals surface area contributed by atoms with Crippen molar-refractivity contribution >= 4 is 16.9 Å². The van der Waals surface area contributed by atoms with Crippen LogP contribution in [0.15, 0.2) is 24.5 Å². The highest BCUT2D eigenvalue weighted by atomic mass is 16.2. The molecule has 0 atom stereocenters. The summed E-state index contributed by atoms with van der Waals surface area (Å²) in [6, 6.07) is 7.28. The Balaban J connectivity index is 2.21. The number of carbonyl (C=O) groups is 1. The van der Waals surface area contributed by atoms with E-state index in [1.165, 1.54) is 4.90 Å². The van der Waals surface area contributed by atoms with Gasteiger partial charge in [-0.15, -0.1) is 0 Å². The first-order valence-corrected chi connectivity index (χ1v) is 4.78. The van der Waals surface area contributed by atoms with Crippen LogP contribution in [0.1, 0.15) is 5.56 Å². The third-order valence-electron chi connectivity index (χ3n) is 2.35. The average molecular weight is 214 g/mol. The van der Waals surface area contributed by atoms with E-state index >= 15 is 0 Å². The third-order valence-corrected chi connectivity index (χ3v) is 2.35. The summed E-state index contributed by atoms with van der Waals surface area (Å²) >= 11 is 0. The molecular formula is C11H10N4O. The summed E-state index contributed by atoms with van der Waals surface area (Å²) in [5, 5.41) is 8.46. The molecule has 80 valence electrons. The Morgan fingerprint density at radius 1 is 1.62 bits per heavy atom. The minimum atomic E-state index is -0.537. The standard InChI is InChI=1S/C11H10N4O/c1-15(11(16)5-12)6-8-2-3-9-10(4-8)14-7-13-9/h2-4,7H,6H2,1H3,(H,13,14). The largest absolute Gasteiger partial charge is 0.345 e. The molecule has 1 amide bonds. The van der Waals surface area contributed by atoms with Crippen LogP contribution >= 0.6 is 0 Å². The summed E-state index contributed by atoms with van der Waals surface area (Å²) in [6.45, 7) is 0.418. The van der Waals surface area contributed by atoms with Gasteiger partial charge in [0, 0.05) is 13.6 Å². The highest BCUT2D eigenvalue weighted by Crippen LogP contribution is 2.12. The highest BCUT2D eigenvalue weighted by Gasteiger charge is 2.08. The maximum Gasteiger partial charge on any atom is 0.325 e. The van der Waals surface area contributed by atoms with Gasteiger partial charge in [-0.05, 0) is 17.7 Å². The van der Waals surface area contributed by atoms with Gasteiger partial charge in [-0.25, -0.2) is 4.98 Å². The molecule has 0 aliphatic carbocycles. The fourth-order valence-electron chi connectivity index (χ4n) is 1.51. The Morgan fingerprint density at radius 3 is 3.19 bits per heavy atom. The zero-order valence-electron chi connectivity index (χ0n) is 8.77. The van der Waals surface area contributed by atoms with Gasteiger partial charge in [0.2, 0.25) is 0 Å². The first-order valence-electron chi connectivity index (χ1n) is 4.78. The lowest BCUT2D eigenvalue weighted by Crippen LogP contribution is -2.24. The molecule has 1 heterocycles. The fraction of sp³-hybridized carbons (Fsp3) is 0.182. The number of amides is 1. The minimum Gasteiger partial charge on any atom is -0.345 e. The van der Waals surface area contributed by atoms with Crippen molar-refractivity contribution in [3.05, 3.63) is 30.1 Å². The predicted octanol–water partition coefficient (Wildman–Crippen LogP) is 1.04. The Bertz CT molecular complexity index is 567. The van der Waals surface area contributed by atoms with E-state index in [1.807, 2.05) is 18.2 Å². The van der Waals surface area contributed by atoms with Crippen molar-refractivity contribution in [2.24, 2.45) is 0 Å². The van der Waals surface area contributed by atoms with E-state index in [2.05, 4.69) is 9.97 Å². The third kappa shape index (κ3) is 1.86. The molecule has 0 saturated heterocycles. The number of benzene rings is 1. The van der Waals surface area contributed by atoms with Gasteiger partial charge in [0.1, 0.15) is 0 Å². The van der Waals surface area contributed by atoms with Crippen molar-refractivity contribution in [3.63, 3.8) is 0 Å². The van der Waals surface area contributed by atoms with E-state index in [9.17, 15) is 4.79 Å². The number of carbonyl (C=O) groups excluding carboxylic acids is 1. The number of H-pyrrole nitrogens is 1. The SMILES string of the molecule is CN(Cc1ccc2nc[nH]c2c1)C(=O)C#N. The number of nitrogens with zero attached hydrogens (tertiary/aromatic N) is 3. The van der Waals surface area contributed by atoms with E-state index in [-0.39, 0.29) is 0 Å². The molecule has 0 radical (unpaired) electrons. The van der Waals surface area contributed by atoms with E-state index in [0.717, 1.165) is 16.6 Å². The van der Waals surface area contributed by atoms with Crippen LogP contribution in [0, 0.1) is 11.3 Å². The van der Waals surface area contributed by atoms with Gasteiger partial charge in [-0.1, -0.05) is 6.07 Å². The molecule has 1 aromatic carbocycles. The second-order valence-corrected chi connectivity index (χ2v) is 3.53. The van der Waals surface area contributed by atoms with Gasteiger partial charge in [0.25, 0.3) is 0 Å². The zero-order valence-corrected chi connectivity index (χ0v) is 8.77. The van der Waals surface area contributed by atoms with E-state index in [4.69, 9.17) is 5.26 Å². The Labute approximate surface area is 92.3 Å². The van der Waals surface area contributed by atoms with Crippen molar-refractivity contribution in [2.75, 3.05) is 7.05 Å². The van der Waals surface area contributed by atoms with Gasteiger partial charge < -0.3 is 9.88 Å². The highest BCUT2D eigenvalue weighted by molar-refractivity contribution is 5.91. The Morgan fingerprint density at radius 2 is 2.44 bits per heavy atom. The lowest BCUT2D eigenvalue weighted by molar-refractivity contribution is -0.124. The Kier molecular flexibility index (Phi) is 2.56. The average Bonchev–Trinajstić information content (AvgIpc) is 2.75. The maximum atomic E-state index is 11.1. The zero-order chi connectivity index (χ0) is 11.5. The summed E-state index contributed by atoms with van der Waals surface area (Å²) in [6.07, 6.45) is 1.62. The Hall–Kier alpha value is -2.35. The number of hydrogen-bond donors (Lipinski definition) is 1. The molecule has 0 aliphatic rings. The van der Waals surface area contributed by atoms with Crippen LogP contribution in [0.2, 0.25) is 0 Å². The van der Waals surface area contributed by atoms with Crippen LogP contribution in [0.3, 0.4) is 0 Å². The summed E-state index contributed by atoms with van der Waals surface area (Å²) in [4.78, 5) is 19.5. The lowest BCUT2D eigenvalue weighted by atomic mass is 10.2. The second-order valence-electron chi connectivity index (χ2n) is 3.53. The van der Waals surface area contributed by atoms with Gasteiger partial charge >= 0.3 is 5.91 Å². The molecule has 1 aromatic heterocycles. The normalized spacial score (nSPS) is 10.0. The summed E-state index contributed by atoms with van der Waals surface area (Å²) < 4.78 is 0. The number of aromatic amines is 1. The predicted molar refractivity (Wildman–Crippen MR) is 58.2 cm³/mol. The molecular weight excluding hydrogens is 204 g/mol. The summed E-state index contributed by atoms with van der Waals surface area (Å²) in [5.41, 5.74) is 2.77. The number of nitriles is 1. The number of rotatable bonds is 2. The van der Waals surface area contributed by atoms with Crippen molar-refractivity contribution in [2.45, 2.75) is 6.54 Å². The fourth-order valence-corrected chi connectivity index (χ4v) is 1.51. The van der Waals surface area contributed by atoms with E-state index in [0.29, 0.717) is 6.54 Å². The van der Waals surface area contributed by atoms with Gasteiger partial charge in [-0.3, -0.25) is 4.79 Å². The topological polar surface area (TPSA) is 72.8 Å². The molecule has 0 unspecified atom stereocenters. The van der Waals surface area contributed by atoms with Crippen molar-refractivity contribution < 1.29 is 4.79 Å². The monoisotopic (exact) mass is 214 g/mol. The minimum absolute atomic E-state index is 0.418. The van der Waals surface area contributed by atoms with Crippen LogP contribution < -0.4 is 0 Å². The number of fused-ring (bicyclic) bond motifs is 1. The maximum absolute atomic E-state index is 11.1. The molecule has 5 nitrogen and oxygen atoms in total. The van der Waals surface area contributed by atoms with Crippen LogP contribution in [0.25, 0.3) is 11.0 Å². The van der Waals surface area contributed by atoms with Crippen molar-refractivity contribution in [3.8, 4) is 6.07 Å². The van der Waals surface area contributed by atoms with Gasteiger partial charge in [0.15, 0.2) is 6.07 Å². The van der Waals surface area contributed by atoms with Gasteiger partial charge in [0.05, 0.1) is 17.4 Å². The first kappa shape index (κ1) is 10.2. The molecule has 0 aliphatic heterocycles. The van der Waals surface area contributed by atoms with Crippen molar-refractivity contribution in [1.82, 2.24) is 14.9 Å². The second kappa shape index (κ2) is 4.03. The molecule has 2 rings (SSSR count). The molecule has 1 N–H and O–H groups in total. The van der Waals surface area contributed by atoms with E-state index in [1.54, 1.807) is 19.4 Å². The molecule has 0 bridgehead atoms. The smallest absolute Gasteiger partial charge is 0.325 e. The van der Waals surface area contributed by atoms with Gasteiger partial charge in [-0.2, -0.15) is 5.26 Å². The molecule has 5 heteroatoms. The molecule has 16 heavy (non-hydrogen) atoms. The van der Waals surface area contributed by atoms with Crippen LogP contribution in [0.4, 0.5) is 0 Å². The molecule has 2 aromatic rings. The van der Waals surface area contributed by atoms with Crippen LogP contribution in [-0.2, 0) is 11.3 Å². The van der Waals surface area contributed by atoms with E-state index < -0.39 is 5.91 Å². The molecule has 0 fully saturated rings. The quantitative estimate of drug-likeness (QED) is 0.759. The number of nitrogens with one attached hydrogen (secondary N) is 1. The molecule has 0 saturated carbocycles. The first-order chi connectivity index (χ1) is 7.70. The van der Waals surface area contributed by atoms with Crippen molar-refractivity contribution in [1.29, 1.82) is 5.26 Å². The summed E-state index contributed by atoms with van der Waals surface area (Å²) in [5.74, 6) is -0.537. The lowest BCUT2D eigenvalue weighted by Gasteiger charge is -2.12. The van der Waals surface area contributed by atoms with Crippen LogP contribution in [0.5, 0.6) is 0 Å².